The van der Waals surface area contributed by atoms with Crippen molar-refractivity contribution in [1.82, 2.24) is 4.98 Å². The molecule has 1 aliphatic carbocycles. The van der Waals surface area contributed by atoms with Crippen LogP contribution in [0.1, 0.15) is 29.9 Å². The van der Waals surface area contributed by atoms with Gasteiger partial charge in [0.1, 0.15) is 5.82 Å². The predicted octanol–water partition coefficient (Wildman–Crippen LogP) is 3.52. The average Bonchev–Trinajstić information content (AvgIpc) is 3.04. The van der Waals surface area contributed by atoms with Crippen LogP contribution in [0.15, 0.2) is 52.4 Å². The molecule has 0 fully saturated rings. The van der Waals surface area contributed by atoms with Gasteiger partial charge in [0.25, 0.3) is 0 Å². The summed E-state index contributed by atoms with van der Waals surface area (Å²) < 4.78 is 39.8. The molecule has 3 N–H and O–H groups in total. The second-order valence-corrected chi connectivity index (χ2v) is 8.45. The van der Waals surface area contributed by atoms with Crippen LogP contribution in [0.25, 0.3) is 10.9 Å². The van der Waals surface area contributed by atoms with Crippen LogP contribution in [0.4, 0.5) is 4.39 Å². The summed E-state index contributed by atoms with van der Waals surface area (Å²) in [5, 5.41) is 0.373. The highest BCUT2D eigenvalue weighted by Gasteiger charge is 2.25. The monoisotopic (exact) mass is 358 g/mol. The Morgan fingerprint density at radius 2 is 2.04 bits per heavy atom. The number of hydrogen-bond donors (Lipinski definition) is 2. The number of fused-ring (bicyclic) bond motifs is 2. The van der Waals surface area contributed by atoms with E-state index in [0.717, 1.165) is 30.4 Å². The Labute approximate surface area is 145 Å². The van der Waals surface area contributed by atoms with Crippen molar-refractivity contribution in [2.24, 2.45) is 5.73 Å². The first-order valence-corrected chi connectivity index (χ1v) is 9.83. The van der Waals surface area contributed by atoms with Crippen LogP contribution in [-0.2, 0) is 16.3 Å². The van der Waals surface area contributed by atoms with Crippen molar-refractivity contribution < 1.29 is 12.8 Å². The number of rotatable bonds is 3. The Balaban J connectivity index is 1.84. The third kappa shape index (κ3) is 2.65. The van der Waals surface area contributed by atoms with Crippen LogP contribution in [-0.4, -0.2) is 19.9 Å². The molecule has 4 nitrogen and oxygen atoms in total. The predicted molar refractivity (Wildman–Crippen MR) is 94.9 cm³/mol. The number of halogens is 1. The Kier molecular flexibility index (Phi) is 3.89. The molecule has 1 atom stereocenters. The standard InChI is InChI=1S/C19H19FN2O2S/c20-14-4-7-18-17(9-14)19(11-22-18)25(23,24)15-5-6-16-12(8-15)2-1-3-13(16)10-21/h4-9,11,13,22H,1-3,10,21H2/t13-/m0/s1. The van der Waals surface area contributed by atoms with Gasteiger partial charge in [-0.3, -0.25) is 0 Å². The highest BCUT2D eigenvalue weighted by atomic mass is 32.2. The molecule has 6 heteroatoms. The van der Waals surface area contributed by atoms with Gasteiger partial charge < -0.3 is 10.7 Å². The molecule has 3 aromatic rings. The number of nitrogens with one attached hydrogen (secondary N) is 1. The first kappa shape index (κ1) is 16.3. The van der Waals surface area contributed by atoms with Gasteiger partial charge in [0, 0.05) is 17.1 Å². The lowest BCUT2D eigenvalue weighted by molar-refractivity contribution is 0.558. The van der Waals surface area contributed by atoms with Crippen molar-refractivity contribution in [2.75, 3.05) is 6.54 Å². The zero-order valence-electron chi connectivity index (χ0n) is 13.6. The Hall–Kier alpha value is -2.18. The lowest BCUT2D eigenvalue weighted by Gasteiger charge is -2.24. The molecule has 0 unspecified atom stereocenters. The van der Waals surface area contributed by atoms with Gasteiger partial charge in [0.15, 0.2) is 0 Å². The Bertz CT molecular complexity index is 1060. The van der Waals surface area contributed by atoms with Gasteiger partial charge in [-0.2, -0.15) is 0 Å². The minimum atomic E-state index is -3.73. The van der Waals surface area contributed by atoms with Crippen molar-refractivity contribution in [3.05, 3.63) is 59.5 Å². The van der Waals surface area contributed by atoms with Crippen molar-refractivity contribution in [3.63, 3.8) is 0 Å². The van der Waals surface area contributed by atoms with E-state index < -0.39 is 15.7 Å². The topological polar surface area (TPSA) is 76.0 Å². The summed E-state index contributed by atoms with van der Waals surface area (Å²) in [7, 11) is -3.73. The van der Waals surface area contributed by atoms with E-state index in [1.165, 1.54) is 18.3 Å². The van der Waals surface area contributed by atoms with Crippen LogP contribution >= 0.6 is 0 Å². The summed E-state index contributed by atoms with van der Waals surface area (Å²) in [6.07, 6.45) is 4.34. The Morgan fingerprint density at radius 3 is 2.84 bits per heavy atom. The summed E-state index contributed by atoms with van der Waals surface area (Å²) in [5.41, 5.74) is 8.64. The summed E-state index contributed by atoms with van der Waals surface area (Å²) in [5.74, 6) is -0.164. The minimum Gasteiger partial charge on any atom is -0.360 e. The normalized spacial score (nSPS) is 17.6. The molecule has 1 aliphatic rings. The lowest BCUT2D eigenvalue weighted by atomic mass is 9.83. The fourth-order valence-corrected chi connectivity index (χ4v) is 5.19. The zero-order valence-corrected chi connectivity index (χ0v) is 14.4. The summed E-state index contributed by atoms with van der Waals surface area (Å²) in [6, 6.07) is 9.38. The van der Waals surface area contributed by atoms with E-state index in [9.17, 15) is 12.8 Å². The van der Waals surface area contributed by atoms with Crippen LogP contribution in [0.2, 0.25) is 0 Å². The van der Waals surface area contributed by atoms with Crippen molar-refractivity contribution in [1.29, 1.82) is 0 Å². The largest absolute Gasteiger partial charge is 0.360 e. The van der Waals surface area contributed by atoms with Crippen molar-refractivity contribution >= 4 is 20.7 Å². The molecule has 0 saturated heterocycles. The number of benzene rings is 2. The number of aromatic nitrogens is 1. The number of nitrogens with two attached hydrogens (primary N) is 1. The van der Waals surface area contributed by atoms with E-state index >= 15 is 0 Å². The van der Waals surface area contributed by atoms with Crippen LogP contribution in [0.3, 0.4) is 0 Å². The second-order valence-electron chi connectivity index (χ2n) is 6.53. The lowest BCUT2D eigenvalue weighted by Crippen LogP contribution is -2.18. The van der Waals surface area contributed by atoms with E-state index in [-0.39, 0.29) is 9.79 Å². The Morgan fingerprint density at radius 1 is 1.20 bits per heavy atom. The molecule has 0 aliphatic heterocycles. The van der Waals surface area contributed by atoms with E-state index in [2.05, 4.69) is 4.98 Å². The highest BCUT2D eigenvalue weighted by molar-refractivity contribution is 7.91. The molecule has 0 bridgehead atoms. The van der Waals surface area contributed by atoms with Gasteiger partial charge in [0.05, 0.1) is 9.79 Å². The number of sulfone groups is 1. The number of aromatic amines is 1. The number of H-pyrrole nitrogens is 1. The fraction of sp³-hybridized carbons (Fsp3) is 0.263. The van der Waals surface area contributed by atoms with Crippen LogP contribution in [0.5, 0.6) is 0 Å². The molecule has 25 heavy (non-hydrogen) atoms. The molecule has 0 radical (unpaired) electrons. The molecule has 4 rings (SSSR count). The maximum atomic E-state index is 13.6. The van der Waals surface area contributed by atoms with E-state index in [0.29, 0.717) is 23.4 Å². The second kappa shape index (κ2) is 5.97. The highest BCUT2D eigenvalue weighted by Crippen LogP contribution is 2.35. The van der Waals surface area contributed by atoms with Crippen LogP contribution < -0.4 is 5.73 Å². The molecule has 2 aromatic carbocycles. The summed E-state index contributed by atoms with van der Waals surface area (Å²) in [6.45, 7) is 0.570. The fourth-order valence-electron chi connectivity index (χ4n) is 3.72. The molecular weight excluding hydrogens is 339 g/mol. The van der Waals surface area contributed by atoms with Gasteiger partial charge in [-0.25, -0.2) is 12.8 Å². The van der Waals surface area contributed by atoms with Crippen LogP contribution in [0, 0.1) is 5.82 Å². The quantitative estimate of drug-likeness (QED) is 0.752. The molecule has 1 aromatic heterocycles. The summed E-state index contributed by atoms with van der Waals surface area (Å²) >= 11 is 0. The zero-order chi connectivity index (χ0) is 17.6. The summed E-state index contributed by atoms with van der Waals surface area (Å²) in [4.78, 5) is 3.26. The van der Waals surface area contributed by atoms with E-state index in [4.69, 9.17) is 5.73 Å². The maximum absolute atomic E-state index is 13.6. The molecular formula is C19H19FN2O2S. The third-order valence-corrected chi connectivity index (χ3v) is 6.83. The molecule has 0 saturated carbocycles. The smallest absolute Gasteiger partial charge is 0.208 e. The average molecular weight is 358 g/mol. The van der Waals surface area contributed by atoms with Gasteiger partial charge in [-0.15, -0.1) is 0 Å². The molecule has 0 spiro atoms. The first-order chi connectivity index (χ1) is 12.0. The van der Waals surface area contributed by atoms with Crippen molar-refractivity contribution in [3.8, 4) is 0 Å². The SMILES string of the molecule is NC[C@@H]1CCCc2cc(S(=O)(=O)c3c[nH]c4ccc(F)cc34)ccc21. The van der Waals surface area contributed by atoms with Gasteiger partial charge in [-0.1, -0.05) is 6.07 Å². The molecule has 130 valence electrons. The van der Waals surface area contributed by atoms with E-state index in [1.807, 2.05) is 6.07 Å². The molecule has 0 amide bonds. The first-order valence-electron chi connectivity index (χ1n) is 8.35. The van der Waals surface area contributed by atoms with Gasteiger partial charge in [-0.05, 0) is 73.2 Å². The van der Waals surface area contributed by atoms with Gasteiger partial charge in [0.2, 0.25) is 9.84 Å². The third-order valence-electron chi connectivity index (χ3n) is 5.04. The number of aryl methyl sites for hydroxylation is 1. The van der Waals surface area contributed by atoms with Crippen molar-refractivity contribution in [2.45, 2.75) is 35.0 Å². The molecule has 1 heterocycles. The minimum absolute atomic E-state index is 0.105. The number of hydrogen-bond acceptors (Lipinski definition) is 3. The van der Waals surface area contributed by atoms with Gasteiger partial charge >= 0.3 is 0 Å². The van der Waals surface area contributed by atoms with E-state index in [1.54, 1.807) is 18.2 Å². The maximum Gasteiger partial charge on any atom is 0.208 e.